The van der Waals surface area contributed by atoms with E-state index in [9.17, 15) is 26.3 Å². The van der Waals surface area contributed by atoms with Crippen molar-refractivity contribution in [2.75, 3.05) is 11.4 Å². The van der Waals surface area contributed by atoms with Gasteiger partial charge in [0, 0.05) is 25.1 Å². The van der Waals surface area contributed by atoms with Crippen LogP contribution in [0.4, 0.5) is 32.0 Å². The summed E-state index contributed by atoms with van der Waals surface area (Å²) in [6, 6.07) is 0.153. The molecule has 0 saturated carbocycles. The molecule has 0 N–H and O–H groups in total. The monoisotopic (exact) mass is 339 g/mol. The van der Waals surface area contributed by atoms with E-state index in [0.29, 0.717) is 11.1 Å². The Balaban J connectivity index is 2.43. The van der Waals surface area contributed by atoms with Crippen molar-refractivity contribution in [3.05, 3.63) is 29.1 Å². The van der Waals surface area contributed by atoms with Gasteiger partial charge in [0.2, 0.25) is 0 Å². The summed E-state index contributed by atoms with van der Waals surface area (Å²) in [6.45, 7) is 4.72. The van der Waals surface area contributed by atoms with Crippen LogP contribution in [0, 0.1) is 12.7 Å². The highest BCUT2D eigenvalue weighted by Crippen LogP contribution is 2.42. The van der Waals surface area contributed by atoms with Crippen LogP contribution in [0.25, 0.3) is 0 Å². The van der Waals surface area contributed by atoms with E-state index < -0.39 is 43.3 Å². The van der Waals surface area contributed by atoms with Gasteiger partial charge in [0.05, 0.1) is 0 Å². The van der Waals surface area contributed by atoms with Crippen molar-refractivity contribution in [2.24, 2.45) is 0 Å². The Morgan fingerprint density at radius 1 is 1.22 bits per heavy atom. The zero-order valence-electron chi connectivity index (χ0n) is 13.1. The lowest BCUT2D eigenvalue weighted by Gasteiger charge is -2.41. The number of aryl methyl sites for hydroxylation is 1. The average Bonchev–Trinajstić information content (AvgIpc) is 2.35. The summed E-state index contributed by atoms with van der Waals surface area (Å²) in [4.78, 5) is 0.845. The first-order valence-electron chi connectivity index (χ1n) is 7.43. The van der Waals surface area contributed by atoms with Gasteiger partial charge < -0.3 is 4.90 Å². The van der Waals surface area contributed by atoms with Gasteiger partial charge in [0.25, 0.3) is 5.92 Å². The molecule has 2 rings (SSSR count). The molecule has 1 atom stereocenters. The molecule has 23 heavy (non-hydrogen) atoms. The molecule has 1 aromatic carbocycles. The van der Waals surface area contributed by atoms with Crippen molar-refractivity contribution in [3.8, 4) is 0 Å². The molecule has 1 heterocycles. The number of piperidine rings is 1. The van der Waals surface area contributed by atoms with Crippen LogP contribution in [0.15, 0.2) is 12.1 Å². The van der Waals surface area contributed by atoms with E-state index in [1.807, 2.05) is 0 Å². The summed E-state index contributed by atoms with van der Waals surface area (Å²) in [5, 5.41) is 0. The minimum absolute atomic E-state index is 0.00206. The fraction of sp³-hybridized carbons (Fsp3) is 0.625. The van der Waals surface area contributed by atoms with E-state index in [0.717, 1.165) is 11.0 Å². The van der Waals surface area contributed by atoms with Gasteiger partial charge in [-0.1, -0.05) is 13.8 Å². The fourth-order valence-corrected chi connectivity index (χ4v) is 3.17. The minimum Gasteiger partial charge on any atom is -0.359 e. The van der Waals surface area contributed by atoms with Crippen molar-refractivity contribution >= 4 is 5.69 Å². The lowest BCUT2D eigenvalue weighted by Crippen LogP contribution is -2.54. The molecule has 1 fully saturated rings. The van der Waals surface area contributed by atoms with Gasteiger partial charge in [-0.2, -0.15) is 13.2 Å². The van der Waals surface area contributed by atoms with Crippen LogP contribution in [-0.4, -0.2) is 24.7 Å². The van der Waals surface area contributed by atoms with E-state index in [1.54, 1.807) is 20.8 Å². The number of hydrogen-bond acceptors (Lipinski definition) is 1. The minimum atomic E-state index is -4.80. The molecule has 0 aromatic heterocycles. The molecule has 0 spiro atoms. The number of benzene rings is 1. The first kappa shape index (κ1) is 17.9. The Morgan fingerprint density at radius 3 is 2.30 bits per heavy atom. The maximum atomic E-state index is 14.2. The number of halogens is 6. The number of rotatable bonds is 2. The largest absolute Gasteiger partial charge is 0.408 e. The van der Waals surface area contributed by atoms with Gasteiger partial charge in [-0.05, 0) is 36.1 Å². The highest BCUT2D eigenvalue weighted by atomic mass is 19.4. The van der Waals surface area contributed by atoms with Crippen molar-refractivity contribution in [1.82, 2.24) is 0 Å². The van der Waals surface area contributed by atoms with Crippen LogP contribution in [0.1, 0.15) is 43.7 Å². The molecule has 1 aliphatic rings. The van der Waals surface area contributed by atoms with E-state index in [1.165, 1.54) is 6.07 Å². The third-order valence-electron chi connectivity index (χ3n) is 4.19. The first-order valence-corrected chi connectivity index (χ1v) is 7.43. The van der Waals surface area contributed by atoms with Gasteiger partial charge in [-0.3, -0.25) is 0 Å². The third-order valence-corrected chi connectivity index (χ3v) is 4.19. The molecule has 0 amide bonds. The van der Waals surface area contributed by atoms with Gasteiger partial charge >= 0.3 is 6.18 Å². The van der Waals surface area contributed by atoms with E-state index in [-0.39, 0.29) is 11.6 Å². The second-order valence-corrected chi connectivity index (χ2v) is 6.37. The van der Waals surface area contributed by atoms with Crippen LogP contribution < -0.4 is 4.90 Å². The highest BCUT2D eigenvalue weighted by Gasteiger charge is 2.52. The molecule has 7 heteroatoms. The van der Waals surface area contributed by atoms with Gasteiger partial charge in [0.1, 0.15) is 11.9 Å². The number of alkyl halides is 5. The molecule has 0 aliphatic carbocycles. The molecule has 130 valence electrons. The molecule has 1 aliphatic heterocycles. The normalized spacial score (nSPS) is 21.8. The smallest absolute Gasteiger partial charge is 0.359 e. The zero-order chi connectivity index (χ0) is 17.6. The lowest BCUT2D eigenvalue weighted by molar-refractivity contribution is -0.175. The van der Waals surface area contributed by atoms with E-state index in [2.05, 4.69) is 0 Å². The van der Waals surface area contributed by atoms with Gasteiger partial charge in [-0.15, -0.1) is 0 Å². The summed E-state index contributed by atoms with van der Waals surface area (Å²) in [5.74, 6) is -4.08. The predicted molar refractivity (Wildman–Crippen MR) is 76.6 cm³/mol. The molecule has 1 saturated heterocycles. The first-order chi connectivity index (χ1) is 10.4. The fourth-order valence-electron chi connectivity index (χ4n) is 3.17. The standard InChI is InChI=1S/C16H19F6N/c1-9(2)14-10(3)6-11(7-12(14)17)23-5-4-15(18,19)8-13(23)16(20,21)22/h6-7,9,13H,4-5,8H2,1-3H3. The molecule has 1 unspecified atom stereocenters. The summed E-state index contributed by atoms with van der Waals surface area (Å²) in [6.07, 6.45) is -6.78. The zero-order valence-corrected chi connectivity index (χ0v) is 13.1. The average molecular weight is 339 g/mol. The van der Waals surface area contributed by atoms with E-state index >= 15 is 0 Å². The molecule has 0 bridgehead atoms. The van der Waals surface area contributed by atoms with Crippen LogP contribution >= 0.6 is 0 Å². The van der Waals surface area contributed by atoms with Crippen molar-refractivity contribution in [3.63, 3.8) is 0 Å². The Hall–Kier alpha value is -1.40. The maximum Gasteiger partial charge on any atom is 0.408 e. The molecule has 0 radical (unpaired) electrons. The summed E-state index contributed by atoms with van der Waals surface area (Å²) < 4.78 is 80.5. The second kappa shape index (κ2) is 5.91. The molecule has 1 aromatic rings. The van der Waals surface area contributed by atoms with Crippen LogP contribution in [-0.2, 0) is 0 Å². The van der Waals surface area contributed by atoms with Gasteiger partial charge in [-0.25, -0.2) is 13.2 Å². The van der Waals surface area contributed by atoms with Crippen LogP contribution in [0.3, 0.4) is 0 Å². The second-order valence-electron chi connectivity index (χ2n) is 6.37. The Morgan fingerprint density at radius 2 is 1.83 bits per heavy atom. The SMILES string of the molecule is Cc1cc(N2CCC(F)(F)CC2C(F)(F)F)cc(F)c1C(C)C. The Kier molecular flexibility index (Phi) is 4.61. The number of hydrogen-bond donors (Lipinski definition) is 0. The Bertz CT molecular complexity index is 555. The molecular weight excluding hydrogens is 320 g/mol. The maximum absolute atomic E-state index is 14.2. The van der Waals surface area contributed by atoms with Gasteiger partial charge in [0.15, 0.2) is 0 Å². The van der Waals surface area contributed by atoms with E-state index in [4.69, 9.17) is 0 Å². The third kappa shape index (κ3) is 3.75. The summed E-state index contributed by atoms with van der Waals surface area (Å²) in [7, 11) is 0. The molecule has 1 nitrogen and oxygen atoms in total. The van der Waals surface area contributed by atoms with Crippen molar-refractivity contribution in [2.45, 2.75) is 57.7 Å². The van der Waals surface area contributed by atoms with Crippen molar-refractivity contribution in [1.29, 1.82) is 0 Å². The summed E-state index contributed by atoms with van der Waals surface area (Å²) >= 11 is 0. The number of nitrogens with zero attached hydrogens (tertiary/aromatic N) is 1. The predicted octanol–water partition coefficient (Wildman–Crippen LogP) is 5.42. The van der Waals surface area contributed by atoms with Crippen LogP contribution in [0.5, 0.6) is 0 Å². The lowest BCUT2D eigenvalue weighted by atomic mass is 9.94. The number of anilines is 1. The quantitative estimate of drug-likeness (QED) is 0.650. The molecular formula is C16H19F6N. The van der Waals surface area contributed by atoms with Crippen LogP contribution in [0.2, 0.25) is 0 Å². The van der Waals surface area contributed by atoms with Crippen molar-refractivity contribution < 1.29 is 26.3 Å². The highest BCUT2D eigenvalue weighted by molar-refractivity contribution is 5.53. The summed E-state index contributed by atoms with van der Waals surface area (Å²) in [5.41, 5.74) is 0.954. The Labute approximate surface area is 131 Å². The topological polar surface area (TPSA) is 3.24 Å².